The van der Waals surface area contributed by atoms with E-state index >= 15 is 0 Å². The van der Waals surface area contributed by atoms with Crippen LogP contribution in [0.2, 0.25) is 0 Å². The summed E-state index contributed by atoms with van der Waals surface area (Å²) in [6, 6.07) is 2.23. The zero-order valence-corrected chi connectivity index (χ0v) is 12.0. The molecule has 0 saturated heterocycles. The summed E-state index contributed by atoms with van der Waals surface area (Å²) < 4.78 is 32.5. The van der Waals surface area contributed by atoms with Crippen LogP contribution in [0, 0.1) is 11.6 Å². The maximum absolute atomic E-state index is 13.7. The number of hydrogen-bond donors (Lipinski definition) is 1. The summed E-state index contributed by atoms with van der Waals surface area (Å²) in [5.41, 5.74) is 6.06. The second-order valence-corrected chi connectivity index (χ2v) is 4.96. The molecule has 0 radical (unpaired) electrons. The number of rotatable bonds is 6. The molecule has 0 spiro atoms. The molecule has 4 nitrogen and oxygen atoms in total. The van der Waals surface area contributed by atoms with Crippen LogP contribution >= 0.6 is 0 Å². The highest BCUT2D eigenvalue weighted by Gasteiger charge is 2.14. The molecule has 0 aliphatic rings. The summed E-state index contributed by atoms with van der Waals surface area (Å²) in [5.74, 6) is -2.18. The van der Waals surface area contributed by atoms with Crippen LogP contribution < -0.4 is 10.5 Å². The van der Waals surface area contributed by atoms with Crippen LogP contribution in [-0.4, -0.2) is 37.6 Å². The average Bonchev–Trinajstić information content (AvgIpc) is 2.31. The van der Waals surface area contributed by atoms with Crippen LogP contribution in [0.4, 0.5) is 8.78 Å². The van der Waals surface area contributed by atoms with Crippen molar-refractivity contribution in [2.24, 2.45) is 5.73 Å². The molecule has 112 valence electrons. The van der Waals surface area contributed by atoms with Crippen molar-refractivity contribution in [2.45, 2.75) is 25.8 Å². The lowest BCUT2D eigenvalue weighted by Gasteiger charge is -2.13. The van der Waals surface area contributed by atoms with Gasteiger partial charge < -0.3 is 15.4 Å². The molecule has 0 aromatic heterocycles. The van der Waals surface area contributed by atoms with E-state index in [2.05, 4.69) is 0 Å². The maximum atomic E-state index is 13.7. The highest BCUT2D eigenvalue weighted by molar-refractivity contribution is 5.75. The van der Waals surface area contributed by atoms with E-state index in [9.17, 15) is 13.6 Å². The molecule has 6 heteroatoms. The first kappa shape index (κ1) is 16.4. The standard InChI is InChI=1S/C14H20F2N2O2/c1-9(17)6-10-7-11(15)14(12(16)8-10)20-5-4-13(19)18(2)3/h7-9H,4-6,17H2,1-3H3. The third-order valence-corrected chi connectivity index (χ3v) is 2.68. The second kappa shape index (κ2) is 7.19. The van der Waals surface area contributed by atoms with Crippen LogP contribution in [-0.2, 0) is 11.2 Å². The summed E-state index contributed by atoms with van der Waals surface area (Å²) in [6.45, 7) is 1.69. The Morgan fingerprint density at radius 3 is 2.35 bits per heavy atom. The van der Waals surface area contributed by atoms with Crippen molar-refractivity contribution in [1.82, 2.24) is 4.90 Å². The van der Waals surface area contributed by atoms with E-state index in [1.54, 1.807) is 21.0 Å². The van der Waals surface area contributed by atoms with Gasteiger partial charge in [0.2, 0.25) is 5.91 Å². The van der Waals surface area contributed by atoms with Crippen molar-refractivity contribution in [2.75, 3.05) is 20.7 Å². The third-order valence-electron chi connectivity index (χ3n) is 2.68. The summed E-state index contributed by atoms with van der Waals surface area (Å²) in [5, 5.41) is 0. The van der Waals surface area contributed by atoms with Crippen molar-refractivity contribution < 1.29 is 18.3 Å². The van der Waals surface area contributed by atoms with E-state index in [1.165, 1.54) is 17.0 Å². The number of benzene rings is 1. The van der Waals surface area contributed by atoms with Gasteiger partial charge in [0.25, 0.3) is 0 Å². The van der Waals surface area contributed by atoms with E-state index in [0.29, 0.717) is 12.0 Å². The predicted octanol–water partition coefficient (Wildman–Crippen LogP) is 1.71. The van der Waals surface area contributed by atoms with Crippen molar-refractivity contribution in [3.05, 3.63) is 29.3 Å². The Morgan fingerprint density at radius 1 is 1.35 bits per heavy atom. The van der Waals surface area contributed by atoms with Gasteiger partial charge >= 0.3 is 0 Å². The number of hydrogen-bond acceptors (Lipinski definition) is 3. The molecule has 0 saturated carbocycles. The molecule has 20 heavy (non-hydrogen) atoms. The third kappa shape index (κ3) is 4.77. The molecule has 1 atom stereocenters. The minimum atomic E-state index is -0.780. The van der Waals surface area contributed by atoms with Crippen molar-refractivity contribution in [3.63, 3.8) is 0 Å². The van der Waals surface area contributed by atoms with Gasteiger partial charge in [0.1, 0.15) is 0 Å². The molecule has 0 fully saturated rings. The smallest absolute Gasteiger partial charge is 0.225 e. The fourth-order valence-electron chi connectivity index (χ4n) is 1.70. The molecule has 1 aromatic carbocycles. The zero-order chi connectivity index (χ0) is 15.3. The average molecular weight is 286 g/mol. The SMILES string of the molecule is CC(N)Cc1cc(F)c(OCCC(=O)N(C)C)c(F)c1. The molecule has 2 N–H and O–H groups in total. The summed E-state index contributed by atoms with van der Waals surface area (Å²) in [6.07, 6.45) is 0.445. The summed E-state index contributed by atoms with van der Waals surface area (Å²) in [7, 11) is 3.21. The van der Waals surface area contributed by atoms with Gasteiger partial charge in [0.05, 0.1) is 13.0 Å². The van der Waals surface area contributed by atoms with Crippen molar-refractivity contribution in [3.8, 4) is 5.75 Å². The molecule has 0 heterocycles. The first-order valence-electron chi connectivity index (χ1n) is 6.37. The minimum Gasteiger partial charge on any atom is -0.487 e. The summed E-state index contributed by atoms with van der Waals surface area (Å²) >= 11 is 0. The fourth-order valence-corrected chi connectivity index (χ4v) is 1.70. The molecule has 0 aliphatic carbocycles. The van der Waals surface area contributed by atoms with Crippen LogP contribution in [0.25, 0.3) is 0 Å². The second-order valence-electron chi connectivity index (χ2n) is 4.96. The molecule has 0 aliphatic heterocycles. The minimum absolute atomic E-state index is 0.0630. The van der Waals surface area contributed by atoms with Gasteiger partial charge in [-0.3, -0.25) is 4.79 Å². The van der Waals surface area contributed by atoms with Crippen LogP contribution in [0.5, 0.6) is 5.75 Å². The topological polar surface area (TPSA) is 55.6 Å². The lowest BCUT2D eigenvalue weighted by atomic mass is 10.1. The number of carbonyl (C=O) groups is 1. The van der Waals surface area contributed by atoms with E-state index in [4.69, 9.17) is 10.5 Å². The number of carbonyl (C=O) groups excluding carboxylic acids is 1. The van der Waals surface area contributed by atoms with E-state index in [1.807, 2.05) is 0 Å². The Morgan fingerprint density at radius 2 is 1.90 bits per heavy atom. The van der Waals surface area contributed by atoms with Crippen LogP contribution in [0.1, 0.15) is 18.9 Å². The van der Waals surface area contributed by atoms with E-state index in [-0.39, 0.29) is 25.0 Å². The lowest BCUT2D eigenvalue weighted by molar-refractivity contribution is -0.129. The zero-order valence-electron chi connectivity index (χ0n) is 12.0. The Kier molecular flexibility index (Phi) is 5.88. The number of amides is 1. The monoisotopic (exact) mass is 286 g/mol. The first-order valence-corrected chi connectivity index (χ1v) is 6.37. The fraction of sp³-hybridized carbons (Fsp3) is 0.500. The van der Waals surface area contributed by atoms with Crippen molar-refractivity contribution in [1.29, 1.82) is 0 Å². The van der Waals surface area contributed by atoms with E-state index in [0.717, 1.165) is 0 Å². The molecule has 1 amide bonds. The van der Waals surface area contributed by atoms with Gasteiger partial charge in [-0.1, -0.05) is 0 Å². The molecule has 1 unspecified atom stereocenters. The maximum Gasteiger partial charge on any atom is 0.225 e. The number of nitrogens with zero attached hydrogens (tertiary/aromatic N) is 1. The van der Waals surface area contributed by atoms with E-state index < -0.39 is 17.4 Å². The highest BCUT2D eigenvalue weighted by Crippen LogP contribution is 2.24. The molecular formula is C14H20F2N2O2. The lowest BCUT2D eigenvalue weighted by Crippen LogP contribution is -2.23. The van der Waals surface area contributed by atoms with Gasteiger partial charge in [-0.2, -0.15) is 0 Å². The molecule has 1 aromatic rings. The quantitative estimate of drug-likeness (QED) is 0.866. The van der Waals surface area contributed by atoms with Crippen LogP contribution in [0.15, 0.2) is 12.1 Å². The number of nitrogens with two attached hydrogens (primary N) is 1. The first-order chi connectivity index (χ1) is 9.31. The van der Waals surface area contributed by atoms with Gasteiger partial charge in [-0.05, 0) is 31.0 Å². The Balaban J connectivity index is 2.69. The molecular weight excluding hydrogens is 266 g/mol. The molecule has 0 bridgehead atoms. The Hall–Kier alpha value is -1.69. The van der Waals surface area contributed by atoms with Crippen molar-refractivity contribution >= 4 is 5.91 Å². The largest absolute Gasteiger partial charge is 0.487 e. The number of halogens is 2. The Bertz CT molecular complexity index is 453. The number of ether oxygens (including phenoxy) is 1. The molecule has 1 rings (SSSR count). The predicted molar refractivity (Wildman–Crippen MR) is 72.5 cm³/mol. The Labute approximate surface area is 117 Å². The van der Waals surface area contributed by atoms with Crippen LogP contribution in [0.3, 0.4) is 0 Å². The van der Waals surface area contributed by atoms with Gasteiger partial charge in [0, 0.05) is 20.1 Å². The van der Waals surface area contributed by atoms with Gasteiger partial charge in [-0.15, -0.1) is 0 Å². The summed E-state index contributed by atoms with van der Waals surface area (Å²) in [4.78, 5) is 12.7. The highest BCUT2D eigenvalue weighted by atomic mass is 19.1. The van der Waals surface area contributed by atoms with Gasteiger partial charge in [-0.25, -0.2) is 8.78 Å². The van der Waals surface area contributed by atoms with Gasteiger partial charge in [0.15, 0.2) is 17.4 Å². The normalized spacial score (nSPS) is 12.1.